The van der Waals surface area contributed by atoms with Crippen molar-refractivity contribution in [3.63, 3.8) is 0 Å². The van der Waals surface area contributed by atoms with Crippen LogP contribution in [0.15, 0.2) is 42.5 Å². The molecule has 0 N–H and O–H groups in total. The van der Waals surface area contributed by atoms with Crippen molar-refractivity contribution in [2.24, 2.45) is 0 Å². The van der Waals surface area contributed by atoms with Crippen LogP contribution < -0.4 is 0 Å². The lowest BCUT2D eigenvalue weighted by Gasteiger charge is -2.44. The Balaban J connectivity index is 1.42. The lowest BCUT2D eigenvalue weighted by atomic mass is 9.98. The van der Waals surface area contributed by atoms with E-state index in [1.807, 2.05) is 18.2 Å². The highest BCUT2D eigenvalue weighted by Gasteiger charge is 2.35. The van der Waals surface area contributed by atoms with E-state index in [1.54, 1.807) is 0 Å². The van der Waals surface area contributed by atoms with Crippen LogP contribution in [0.3, 0.4) is 0 Å². The molecule has 1 saturated heterocycles. The van der Waals surface area contributed by atoms with E-state index in [0.29, 0.717) is 25.5 Å². The number of benzene rings is 2. The number of piperidine rings is 1. The molecule has 1 unspecified atom stereocenters. The van der Waals surface area contributed by atoms with Crippen LogP contribution in [-0.2, 0) is 17.8 Å². The zero-order chi connectivity index (χ0) is 19.6. The van der Waals surface area contributed by atoms with E-state index in [9.17, 15) is 8.78 Å². The number of halogens is 2. The van der Waals surface area contributed by atoms with Gasteiger partial charge in [-0.3, -0.25) is 4.90 Å². The summed E-state index contributed by atoms with van der Waals surface area (Å²) in [7, 11) is 0. The summed E-state index contributed by atoms with van der Waals surface area (Å²) in [6, 6.07) is 13.2. The molecule has 1 aliphatic carbocycles. The van der Waals surface area contributed by atoms with Crippen molar-refractivity contribution in [2.75, 3.05) is 13.1 Å². The lowest BCUT2D eigenvalue weighted by molar-refractivity contribution is -0.170. The van der Waals surface area contributed by atoms with Crippen molar-refractivity contribution >= 4 is 0 Å². The van der Waals surface area contributed by atoms with Gasteiger partial charge in [-0.25, -0.2) is 8.78 Å². The predicted octanol–water partition coefficient (Wildman–Crippen LogP) is 5.80. The average molecular weight is 385 g/mol. The molecule has 2 fully saturated rings. The summed E-state index contributed by atoms with van der Waals surface area (Å²) in [6.45, 7) is 4.15. The molecule has 4 heteroatoms. The van der Waals surface area contributed by atoms with Gasteiger partial charge in [0, 0.05) is 18.7 Å². The highest BCUT2D eigenvalue weighted by molar-refractivity contribution is 5.31. The van der Waals surface area contributed by atoms with Gasteiger partial charge in [0.05, 0.1) is 6.61 Å². The second-order valence-electron chi connectivity index (χ2n) is 8.38. The molecule has 0 bridgehead atoms. The Morgan fingerprint density at radius 2 is 1.79 bits per heavy atom. The molecule has 1 heterocycles. The monoisotopic (exact) mass is 385 g/mol. The number of rotatable bonds is 7. The van der Waals surface area contributed by atoms with Crippen LogP contribution in [0.5, 0.6) is 0 Å². The van der Waals surface area contributed by atoms with Crippen LogP contribution in [0.2, 0.25) is 0 Å². The van der Waals surface area contributed by atoms with E-state index >= 15 is 0 Å². The summed E-state index contributed by atoms with van der Waals surface area (Å²) in [4.78, 5) is 2.26. The van der Waals surface area contributed by atoms with E-state index in [1.165, 1.54) is 12.1 Å². The summed E-state index contributed by atoms with van der Waals surface area (Å²) in [5, 5.41) is 0. The second-order valence-corrected chi connectivity index (χ2v) is 8.38. The molecule has 0 amide bonds. The fraction of sp³-hybridized carbons (Fsp3) is 0.500. The van der Waals surface area contributed by atoms with E-state index in [2.05, 4.69) is 24.0 Å². The normalized spacial score (nSPS) is 23.1. The zero-order valence-electron chi connectivity index (χ0n) is 16.6. The van der Waals surface area contributed by atoms with Crippen LogP contribution in [0.25, 0.3) is 0 Å². The van der Waals surface area contributed by atoms with Gasteiger partial charge in [0.15, 0.2) is 0 Å². The van der Waals surface area contributed by atoms with Crippen LogP contribution >= 0.6 is 0 Å². The van der Waals surface area contributed by atoms with Crippen molar-refractivity contribution in [3.8, 4) is 0 Å². The van der Waals surface area contributed by atoms with Gasteiger partial charge in [0.2, 0.25) is 0 Å². The van der Waals surface area contributed by atoms with Crippen molar-refractivity contribution in [1.29, 1.82) is 0 Å². The first-order valence-corrected chi connectivity index (χ1v) is 10.5. The van der Waals surface area contributed by atoms with Gasteiger partial charge in [-0.05, 0) is 74.6 Å². The first-order valence-electron chi connectivity index (χ1n) is 10.5. The molecule has 2 aromatic rings. The zero-order valence-corrected chi connectivity index (χ0v) is 16.6. The Bertz CT molecular complexity index is 783. The first-order chi connectivity index (χ1) is 13.5. The van der Waals surface area contributed by atoms with E-state index in [4.69, 9.17) is 4.74 Å². The molecular formula is C24H29F2NO. The standard InChI is InChI=1S/C24H29F2NO/c1-24(28-17-18-7-3-2-4-8-18)12-5-6-13-27(24)14-11-21-22(25)15-20(16-23(21)26)19-9-10-19/h2-4,7-8,15-16,19H,5-6,9-14,17H2,1H3. The topological polar surface area (TPSA) is 12.5 Å². The van der Waals surface area contributed by atoms with E-state index in [-0.39, 0.29) is 5.56 Å². The van der Waals surface area contributed by atoms with Crippen molar-refractivity contribution < 1.29 is 13.5 Å². The second kappa shape index (κ2) is 8.30. The fourth-order valence-electron chi connectivity index (χ4n) is 4.24. The maximum atomic E-state index is 14.5. The minimum Gasteiger partial charge on any atom is -0.356 e. The quantitative estimate of drug-likeness (QED) is 0.597. The highest BCUT2D eigenvalue weighted by atomic mass is 19.1. The number of ether oxygens (including phenoxy) is 1. The molecule has 2 nitrogen and oxygen atoms in total. The Morgan fingerprint density at radius 1 is 1.07 bits per heavy atom. The number of hydrogen-bond acceptors (Lipinski definition) is 2. The number of likely N-dealkylation sites (tertiary alicyclic amines) is 1. The van der Waals surface area contributed by atoms with Gasteiger partial charge in [-0.1, -0.05) is 30.3 Å². The third-order valence-electron chi connectivity index (χ3n) is 6.22. The maximum absolute atomic E-state index is 14.5. The van der Waals surface area contributed by atoms with Gasteiger partial charge in [0.1, 0.15) is 17.4 Å². The molecule has 0 spiro atoms. The van der Waals surface area contributed by atoms with Gasteiger partial charge < -0.3 is 4.74 Å². The van der Waals surface area contributed by atoms with Gasteiger partial charge in [-0.15, -0.1) is 0 Å². The van der Waals surface area contributed by atoms with Gasteiger partial charge in [0.25, 0.3) is 0 Å². The average Bonchev–Trinajstić information content (AvgIpc) is 3.53. The molecule has 1 saturated carbocycles. The Morgan fingerprint density at radius 3 is 2.46 bits per heavy atom. The first kappa shape index (κ1) is 19.5. The number of nitrogens with zero attached hydrogens (tertiary/aromatic N) is 1. The van der Waals surface area contributed by atoms with Crippen LogP contribution in [0, 0.1) is 11.6 Å². The molecule has 1 atom stereocenters. The van der Waals surface area contributed by atoms with Crippen LogP contribution in [0.4, 0.5) is 8.78 Å². The SMILES string of the molecule is CC1(OCc2ccccc2)CCCCN1CCc1c(F)cc(C2CC2)cc1F. The van der Waals surface area contributed by atoms with Crippen LogP contribution in [0.1, 0.15) is 61.6 Å². The minimum absolute atomic E-state index is 0.209. The summed E-state index contributed by atoms with van der Waals surface area (Å²) in [6.07, 6.45) is 5.60. The molecule has 1 aliphatic heterocycles. The Kier molecular flexibility index (Phi) is 5.79. The third kappa shape index (κ3) is 4.44. The highest BCUT2D eigenvalue weighted by Crippen LogP contribution is 2.41. The van der Waals surface area contributed by atoms with Gasteiger partial charge >= 0.3 is 0 Å². The van der Waals surface area contributed by atoms with Crippen molar-refractivity contribution in [2.45, 2.75) is 63.7 Å². The molecule has 0 radical (unpaired) electrons. The third-order valence-corrected chi connectivity index (χ3v) is 6.22. The summed E-state index contributed by atoms with van der Waals surface area (Å²) in [5.41, 5.74) is 1.77. The summed E-state index contributed by atoms with van der Waals surface area (Å²) < 4.78 is 35.4. The van der Waals surface area contributed by atoms with Gasteiger partial charge in [-0.2, -0.15) is 0 Å². The van der Waals surface area contributed by atoms with Crippen LogP contribution in [-0.4, -0.2) is 23.7 Å². The Hall–Kier alpha value is -1.78. The Labute approximate surface area is 166 Å². The molecule has 4 rings (SSSR count). The van der Waals surface area contributed by atoms with E-state index in [0.717, 1.165) is 49.8 Å². The summed E-state index contributed by atoms with van der Waals surface area (Å²) >= 11 is 0. The summed E-state index contributed by atoms with van der Waals surface area (Å²) in [5.74, 6) is -0.438. The largest absolute Gasteiger partial charge is 0.356 e. The molecular weight excluding hydrogens is 356 g/mol. The van der Waals surface area contributed by atoms with Crippen molar-refractivity contribution in [3.05, 3.63) is 70.8 Å². The van der Waals surface area contributed by atoms with E-state index < -0.39 is 17.4 Å². The molecule has 0 aromatic heterocycles. The predicted molar refractivity (Wildman–Crippen MR) is 107 cm³/mol. The van der Waals surface area contributed by atoms with Crippen molar-refractivity contribution in [1.82, 2.24) is 4.90 Å². The fourth-order valence-corrected chi connectivity index (χ4v) is 4.24. The molecule has 2 aromatic carbocycles. The molecule has 150 valence electrons. The minimum atomic E-state index is -0.397. The number of hydrogen-bond donors (Lipinski definition) is 0. The molecule has 28 heavy (non-hydrogen) atoms. The maximum Gasteiger partial charge on any atom is 0.129 e. The lowest BCUT2D eigenvalue weighted by Crippen LogP contribution is -2.52. The molecule has 2 aliphatic rings. The smallest absolute Gasteiger partial charge is 0.129 e.